The van der Waals surface area contributed by atoms with Crippen molar-refractivity contribution >= 4 is 23.8 Å². The Morgan fingerprint density at radius 2 is 1.97 bits per heavy atom. The molecule has 156 valence electrons. The number of aromatic nitrogens is 3. The molecular formula is C21H22N4O4S. The molecule has 4 rings (SSSR count). The Morgan fingerprint density at radius 3 is 2.73 bits per heavy atom. The van der Waals surface area contributed by atoms with Gasteiger partial charge < -0.3 is 19.5 Å². The molecule has 0 fully saturated rings. The van der Waals surface area contributed by atoms with Crippen LogP contribution in [0, 0.1) is 4.77 Å². The third-order valence-corrected chi connectivity index (χ3v) is 4.88. The molecule has 2 aromatic carbocycles. The molecule has 3 aromatic rings. The number of benzene rings is 2. The van der Waals surface area contributed by atoms with E-state index >= 15 is 0 Å². The number of rotatable bonds is 7. The van der Waals surface area contributed by atoms with Crippen molar-refractivity contribution in [3.63, 3.8) is 0 Å². The summed E-state index contributed by atoms with van der Waals surface area (Å²) in [5.41, 5.74) is 1.55. The van der Waals surface area contributed by atoms with E-state index in [1.54, 1.807) is 18.2 Å². The minimum Gasteiger partial charge on any atom is -0.494 e. The van der Waals surface area contributed by atoms with Crippen molar-refractivity contribution in [2.45, 2.75) is 19.9 Å². The van der Waals surface area contributed by atoms with Crippen LogP contribution in [0.25, 0.3) is 11.4 Å². The normalized spacial score (nSPS) is 12.4. The predicted molar refractivity (Wildman–Crippen MR) is 115 cm³/mol. The van der Waals surface area contributed by atoms with Crippen LogP contribution in [0.1, 0.15) is 13.3 Å². The second kappa shape index (κ2) is 9.00. The molecule has 9 heteroatoms. The standard InChI is InChI=1S/C21H22N4O4S/c1-2-27-16-6-3-14(4-7-16)20-23-24-21(30)25(20)10-9-19(26)22-15-5-8-17-18(13-15)29-12-11-28-17/h3-8,13H,2,9-12H2,1H3,(H,22,26)(H,24,30). The largest absolute Gasteiger partial charge is 0.494 e. The quantitative estimate of drug-likeness (QED) is 0.559. The Balaban J connectivity index is 1.42. The lowest BCUT2D eigenvalue weighted by atomic mass is 10.2. The van der Waals surface area contributed by atoms with Gasteiger partial charge in [-0.25, -0.2) is 0 Å². The zero-order valence-electron chi connectivity index (χ0n) is 16.5. The molecule has 30 heavy (non-hydrogen) atoms. The number of ether oxygens (including phenoxy) is 3. The number of amides is 1. The summed E-state index contributed by atoms with van der Waals surface area (Å²) in [6.07, 6.45) is 0.242. The first-order chi connectivity index (χ1) is 14.6. The van der Waals surface area contributed by atoms with Crippen molar-refractivity contribution in [3.8, 4) is 28.6 Å². The molecule has 0 aliphatic carbocycles. The van der Waals surface area contributed by atoms with Crippen LogP contribution in [0.2, 0.25) is 0 Å². The van der Waals surface area contributed by atoms with Crippen LogP contribution in [-0.2, 0) is 11.3 Å². The first-order valence-electron chi connectivity index (χ1n) is 9.72. The average molecular weight is 426 g/mol. The highest BCUT2D eigenvalue weighted by Gasteiger charge is 2.14. The lowest BCUT2D eigenvalue weighted by Crippen LogP contribution is -2.17. The van der Waals surface area contributed by atoms with E-state index < -0.39 is 0 Å². The van der Waals surface area contributed by atoms with E-state index in [4.69, 9.17) is 26.4 Å². The average Bonchev–Trinajstić information content (AvgIpc) is 3.13. The number of carbonyl (C=O) groups excluding carboxylic acids is 1. The molecule has 2 heterocycles. The van der Waals surface area contributed by atoms with E-state index in [9.17, 15) is 4.79 Å². The second-order valence-corrected chi connectivity index (χ2v) is 7.00. The van der Waals surface area contributed by atoms with Gasteiger partial charge in [-0.05, 0) is 55.5 Å². The maximum atomic E-state index is 12.5. The van der Waals surface area contributed by atoms with Crippen molar-refractivity contribution in [3.05, 3.63) is 47.2 Å². The molecule has 2 N–H and O–H groups in total. The van der Waals surface area contributed by atoms with Gasteiger partial charge in [0.25, 0.3) is 0 Å². The highest BCUT2D eigenvalue weighted by molar-refractivity contribution is 7.71. The van der Waals surface area contributed by atoms with Gasteiger partial charge in [0.15, 0.2) is 22.1 Å². The van der Waals surface area contributed by atoms with Crippen LogP contribution in [0.5, 0.6) is 17.2 Å². The van der Waals surface area contributed by atoms with Crippen LogP contribution in [0.4, 0.5) is 5.69 Å². The predicted octanol–water partition coefficient (Wildman–Crippen LogP) is 3.81. The molecule has 1 aromatic heterocycles. The number of nitrogens with one attached hydrogen (secondary N) is 2. The molecule has 0 atom stereocenters. The van der Waals surface area contributed by atoms with Crippen LogP contribution in [0.3, 0.4) is 0 Å². The Labute approximate surface area is 178 Å². The Morgan fingerprint density at radius 1 is 1.20 bits per heavy atom. The summed E-state index contributed by atoms with van der Waals surface area (Å²) >= 11 is 5.35. The topological polar surface area (TPSA) is 90.4 Å². The zero-order chi connectivity index (χ0) is 20.9. The smallest absolute Gasteiger partial charge is 0.226 e. The van der Waals surface area contributed by atoms with Crippen molar-refractivity contribution < 1.29 is 19.0 Å². The van der Waals surface area contributed by atoms with Crippen LogP contribution < -0.4 is 19.5 Å². The van der Waals surface area contributed by atoms with Crippen molar-refractivity contribution in [1.29, 1.82) is 0 Å². The highest BCUT2D eigenvalue weighted by Crippen LogP contribution is 2.32. The lowest BCUT2D eigenvalue weighted by Gasteiger charge is -2.19. The molecule has 8 nitrogen and oxygen atoms in total. The molecule has 1 aliphatic heterocycles. The molecule has 1 amide bonds. The molecule has 0 bridgehead atoms. The van der Waals surface area contributed by atoms with Gasteiger partial charge in [0, 0.05) is 30.3 Å². The maximum Gasteiger partial charge on any atom is 0.226 e. The van der Waals surface area contributed by atoms with E-state index in [0.717, 1.165) is 11.3 Å². The Bertz CT molecular complexity index is 1090. The van der Waals surface area contributed by atoms with Gasteiger partial charge in [-0.3, -0.25) is 14.5 Å². The molecule has 0 unspecified atom stereocenters. The van der Waals surface area contributed by atoms with Gasteiger partial charge in [-0.2, -0.15) is 5.10 Å². The van der Waals surface area contributed by atoms with E-state index in [2.05, 4.69) is 15.5 Å². The number of H-pyrrole nitrogens is 1. The number of anilines is 1. The Kier molecular flexibility index (Phi) is 5.99. The fourth-order valence-electron chi connectivity index (χ4n) is 3.17. The molecule has 0 saturated heterocycles. The number of aromatic amines is 1. The van der Waals surface area contributed by atoms with Crippen LogP contribution >= 0.6 is 12.2 Å². The number of nitrogens with zero attached hydrogens (tertiary/aromatic N) is 2. The van der Waals surface area contributed by atoms with Gasteiger partial charge >= 0.3 is 0 Å². The second-order valence-electron chi connectivity index (χ2n) is 6.62. The van der Waals surface area contributed by atoms with E-state index in [0.29, 0.717) is 54.1 Å². The van der Waals surface area contributed by atoms with Crippen molar-refractivity contribution in [1.82, 2.24) is 14.8 Å². The van der Waals surface area contributed by atoms with Gasteiger partial charge in [0.1, 0.15) is 19.0 Å². The SMILES string of the molecule is CCOc1ccc(-c2n[nH]c(=S)n2CCC(=O)Nc2ccc3c(c2)OCCO3)cc1. The van der Waals surface area contributed by atoms with E-state index in [-0.39, 0.29) is 12.3 Å². The first kappa shape index (κ1) is 20.0. The summed E-state index contributed by atoms with van der Waals surface area (Å²) in [6, 6.07) is 13.0. The van der Waals surface area contributed by atoms with Gasteiger partial charge in [-0.1, -0.05) is 0 Å². The molecule has 0 saturated carbocycles. The summed E-state index contributed by atoms with van der Waals surface area (Å²) in [5.74, 6) is 2.65. The summed E-state index contributed by atoms with van der Waals surface area (Å²) in [4.78, 5) is 12.5. The van der Waals surface area contributed by atoms with Gasteiger partial charge in [0.2, 0.25) is 5.91 Å². The number of hydrogen-bond acceptors (Lipinski definition) is 6. The summed E-state index contributed by atoms with van der Waals surface area (Å²) in [6.45, 7) is 3.97. The highest BCUT2D eigenvalue weighted by atomic mass is 32.1. The Hall–Kier alpha value is -3.33. The third kappa shape index (κ3) is 4.46. The van der Waals surface area contributed by atoms with Crippen molar-refractivity contribution in [2.24, 2.45) is 0 Å². The fraction of sp³-hybridized carbons (Fsp3) is 0.286. The summed E-state index contributed by atoms with van der Waals surface area (Å²) in [7, 11) is 0. The van der Waals surface area contributed by atoms with Crippen LogP contribution in [0.15, 0.2) is 42.5 Å². The fourth-order valence-corrected chi connectivity index (χ4v) is 3.39. The zero-order valence-corrected chi connectivity index (χ0v) is 17.3. The summed E-state index contributed by atoms with van der Waals surface area (Å²) in [5, 5.41) is 10.0. The number of fused-ring (bicyclic) bond motifs is 1. The monoisotopic (exact) mass is 426 g/mol. The molecule has 0 radical (unpaired) electrons. The van der Waals surface area contributed by atoms with Gasteiger partial charge in [-0.15, -0.1) is 0 Å². The van der Waals surface area contributed by atoms with Crippen molar-refractivity contribution in [2.75, 3.05) is 25.1 Å². The summed E-state index contributed by atoms with van der Waals surface area (Å²) < 4.78 is 18.8. The minimum atomic E-state index is -0.132. The van der Waals surface area contributed by atoms with Gasteiger partial charge in [0.05, 0.1) is 6.61 Å². The van der Waals surface area contributed by atoms with E-state index in [1.807, 2.05) is 35.8 Å². The van der Waals surface area contributed by atoms with E-state index in [1.165, 1.54) is 0 Å². The number of hydrogen-bond donors (Lipinski definition) is 2. The minimum absolute atomic E-state index is 0.132. The third-order valence-electron chi connectivity index (χ3n) is 4.57. The lowest BCUT2D eigenvalue weighted by molar-refractivity contribution is -0.116. The maximum absolute atomic E-state index is 12.5. The number of carbonyl (C=O) groups is 1. The molecular weight excluding hydrogens is 404 g/mol. The molecule has 0 spiro atoms. The molecule has 1 aliphatic rings. The van der Waals surface area contributed by atoms with Crippen LogP contribution in [-0.4, -0.2) is 40.5 Å². The first-order valence-corrected chi connectivity index (χ1v) is 10.1.